The largest absolute Gasteiger partial charge is 0.480 e. The van der Waals surface area contributed by atoms with Crippen molar-refractivity contribution in [2.45, 2.75) is 45.7 Å². The van der Waals surface area contributed by atoms with Crippen LogP contribution in [-0.4, -0.2) is 39.6 Å². The number of urea groups is 1. The third-order valence-electron chi connectivity index (χ3n) is 3.75. The molecule has 1 aliphatic heterocycles. The van der Waals surface area contributed by atoms with E-state index in [-0.39, 0.29) is 12.6 Å². The maximum atomic E-state index is 12.2. The van der Waals surface area contributed by atoms with Crippen LogP contribution in [-0.2, 0) is 17.8 Å². The lowest BCUT2D eigenvalue weighted by molar-refractivity contribution is -0.143. The number of carbonyl (C=O) groups excluding carboxylic acids is 1. The Morgan fingerprint density at radius 1 is 1.57 bits per heavy atom. The number of aryl methyl sites for hydroxylation is 1. The quantitative estimate of drug-likeness (QED) is 0.880. The maximum Gasteiger partial charge on any atom is 0.326 e. The van der Waals surface area contributed by atoms with Crippen LogP contribution in [0.4, 0.5) is 4.79 Å². The van der Waals surface area contributed by atoms with E-state index in [4.69, 9.17) is 4.42 Å². The normalized spacial score (nSPS) is 22.1. The van der Waals surface area contributed by atoms with Crippen LogP contribution in [0.25, 0.3) is 0 Å². The number of hydrogen-bond acceptors (Lipinski definition) is 4. The monoisotopic (exact) mass is 295 g/mol. The highest BCUT2D eigenvalue weighted by Crippen LogP contribution is 2.22. The molecular formula is C14H21N3O4. The molecule has 116 valence electrons. The number of rotatable bonds is 4. The van der Waals surface area contributed by atoms with Crippen molar-refractivity contribution >= 4 is 12.0 Å². The molecule has 0 spiro atoms. The molecule has 2 heterocycles. The summed E-state index contributed by atoms with van der Waals surface area (Å²) >= 11 is 0. The number of aliphatic carboxylic acids is 1. The molecule has 1 fully saturated rings. The van der Waals surface area contributed by atoms with Gasteiger partial charge < -0.3 is 19.7 Å². The summed E-state index contributed by atoms with van der Waals surface area (Å²) in [5.41, 5.74) is 0. The molecule has 7 nitrogen and oxygen atoms in total. The van der Waals surface area contributed by atoms with Crippen molar-refractivity contribution in [1.29, 1.82) is 0 Å². The second-order valence-corrected chi connectivity index (χ2v) is 5.41. The molecule has 1 saturated heterocycles. The highest BCUT2D eigenvalue weighted by Gasteiger charge is 2.34. The molecule has 0 aromatic carbocycles. The zero-order valence-corrected chi connectivity index (χ0v) is 12.3. The fraction of sp³-hybridized carbons (Fsp3) is 0.643. The van der Waals surface area contributed by atoms with Crippen LogP contribution in [0.15, 0.2) is 10.6 Å². The predicted octanol–water partition coefficient (Wildman–Crippen LogP) is 1.63. The van der Waals surface area contributed by atoms with Crippen LogP contribution in [0.2, 0.25) is 0 Å². The first-order valence-corrected chi connectivity index (χ1v) is 7.22. The van der Waals surface area contributed by atoms with Gasteiger partial charge in [-0.3, -0.25) is 0 Å². The number of oxazole rings is 1. The molecular weight excluding hydrogens is 274 g/mol. The smallest absolute Gasteiger partial charge is 0.326 e. The van der Waals surface area contributed by atoms with Gasteiger partial charge in [-0.2, -0.15) is 0 Å². The molecule has 2 rings (SSSR count). The lowest BCUT2D eigenvalue weighted by Crippen LogP contribution is -2.53. The zero-order chi connectivity index (χ0) is 15.4. The summed E-state index contributed by atoms with van der Waals surface area (Å²) in [6, 6.07) is -1.14. The lowest BCUT2D eigenvalue weighted by Gasteiger charge is -2.35. The molecule has 0 radical (unpaired) electrons. The highest BCUT2D eigenvalue weighted by molar-refractivity contribution is 5.82. The minimum Gasteiger partial charge on any atom is -0.480 e. The van der Waals surface area contributed by atoms with Crippen molar-refractivity contribution in [2.75, 3.05) is 6.54 Å². The first kappa shape index (κ1) is 15.3. The number of carbonyl (C=O) groups is 2. The molecule has 2 unspecified atom stereocenters. The third-order valence-corrected chi connectivity index (χ3v) is 3.75. The molecule has 0 saturated carbocycles. The van der Waals surface area contributed by atoms with Gasteiger partial charge in [-0.05, 0) is 18.8 Å². The highest BCUT2D eigenvalue weighted by atomic mass is 16.4. The van der Waals surface area contributed by atoms with Gasteiger partial charge in [0.1, 0.15) is 11.8 Å². The molecule has 0 bridgehead atoms. The van der Waals surface area contributed by atoms with E-state index in [9.17, 15) is 14.7 Å². The second kappa shape index (κ2) is 6.60. The maximum absolute atomic E-state index is 12.2. The molecule has 7 heteroatoms. The van der Waals surface area contributed by atoms with Gasteiger partial charge in [0, 0.05) is 13.0 Å². The van der Waals surface area contributed by atoms with E-state index in [0.717, 1.165) is 18.6 Å². The van der Waals surface area contributed by atoms with Crippen molar-refractivity contribution < 1.29 is 19.1 Å². The van der Waals surface area contributed by atoms with Gasteiger partial charge in [0.2, 0.25) is 5.89 Å². The Balaban J connectivity index is 1.93. The average Bonchev–Trinajstić information content (AvgIpc) is 2.92. The van der Waals surface area contributed by atoms with Crippen LogP contribution in [0.1, 0.15) is 38.3 Å². The van der Waals surface area contributed by atoms with Crippen LogP contribution < -0.4 is 5.32 Å². The molecule has 2 amide bonds. The summed E-state index contributed by atoms with van der Waals surface area (Å²) in [5, 5.41) is 11.9. The van der Waals surface area contributed by atoms with Gasteiger partial charge in [-0.15, -0.1) is 0 Å². The summed E-state index contributed by atoms with van der Waals surface area (Å²) in [7, 11) is 0. The topological polar surface area (TPSA) is 95.7 Å². The lowest BCUT2D eigenvalue weighted by atomic mass is 9.93. The Hall–Kier alpha value is -2.05. The van der Waals surface area contributed by atoms with Crippen molar-refractivity contribution in [1.82, 2.24) is 15.2 Å². The van der Waals surface area contributed by atoms with Crippen LogP contribution in [0.3, 0.4) is 0 Å². The van der Waals surface area contributed by atoms with Gasteiger partial charge in [0.15, 0.2) is 0 Å². The first-order chi connectivity index (χ1) is 10.0. The summed E-state index contributed by atoms with van der Waals surface area (Å²) in [6.07, 6.45) is 3.67. The number of carboxylic acid groups (broad SMARTS) is 1. The first-order valence-electron chi connectivity index (χ1n) is 7.22. The molecule has 1 aromatic heterocycles. The molecule has 1 aromatic rings. The van der Waals surface area contributed by atoms with Crippen molar-refractivity contribution in [3.63, 3.8) is 0 Å². The van der Waals surface area contributed by atoms with Gasteiger partial charge in [0.05, 0.1) is 12.7 Å². The van der Waals surface area contributed by atoms with Gasteiger partial charge >= 0.3 is 12.0 Å². The number of hydrogen-bond donors (Lipinski definition) is 2. The Bertz CT molecular complexity index is 514. The molecule has 2 N–H and O–H groups in total. The van der Waals surface area contributed by atoms with Crippen molar-refractivity contribution in [3.8, 4) is 0 Å². The van der Waals surface area contributed by atoms with Crippen LogP contribution in [0.5, 0.6) is 0 Å². The second-order valence-electron chi connectivity index (χ2n) is 5.41. The number of aromatic nitrogens is 1. The molecule has 1 aliphatic rings. The summed E-state index contributed by atoms with van der Waals surface area (Å²) in [6.45, 7) is 4.58. The SMILES string of the molecule is CCc1cnc(CNC(=O)N2CCC(C)CC2C(=O)O)o1. The Kier molecular flexibility index (Phi) is 4.82. The molecule has 21 heavy (non-hydrogen) atoms. The van der Waals surface area contributed by atoms with Gasteiger partial charge in [-0.25, -0.2) is 14.6 Å². The predicted molar refractivity (Wildman–Crippen MR) is 74.6 cm³/mol. The van der Waals surface area contributed by atoms with Crippen LogP contribution in [0, 0.1) is 5.92 Å². The van der Waals surface area contributed by atoms with E-state index < -0.39 is 12.0 Å². The number of amides is 2. The van der Waals surface area contributed by atoms with Gasteiger partial charge in [-0.1, -0.05) is 13.8 Å². The summed E-state index contributed by atoms with van der Waals surface area (Å²) in [4.78, 5) is 28.9. The number of nitrogens with zero attached hydrogens (tertiary/aromatic N) is 2. The Morgan fingerprint density at radius 3 is 2.95 bits per heavy atom. The zero-order valence-electron chi connectivity index (χ0n) is 12.3. The minimum atomic E-state index is -0.957. The number of carboxylic acids is 1. The third kappa shape index (κ3) is 3.74. The standard InChI is InChI=1S/C14H21N3O4/c1-3-10-7-15-12(21-10)8-16-14(20)17-5-4-9(2)6-11(17)13(18)19/h7,9,11H,3-6,8H2,1-2H3,(H,16,20)(H,18,19). The van der Waals surface area contributed by atoms with E-state index >= 15 is 0 Å². The average molecular weight is 295 g/mol. The molecule has 0 aliphatic carbocycles. The van der Waals surface area contributed by atoms with Crippen molar-refractivity contribution in [3.05, 3.63) is 17.8 Å². The van der Waals surface area contributed by atoms with E-state index in [2.05, 4.69) is 10.3 Å². The minimum absolute atomic E-state index is 0.164. The van der Waals surface area contributed by atoms with Crippen LogP contribution >= 0.6 is 0 Å². The Labute approximate surface area is 123 Å². The summed E-state index contributed by atoms with van der Waals surface area (Å²) in [5.74, 6) is 0.544. The van der Waals surface area contributed by atoms with E-state index in [1.54, 1.807) is 6.20 Å². The van der Waals surface area contributed by atoms with Gasteiger partial charge in [0.25, 0.3) is 0 Å². The van der Waals surface area contributed by atoms with E-state index in [1.807, 2.05) is 13.8 Å². The number of nitrogens with one attached hydrogen (secondary N) is 1. The Morgan fingerprint density at radius 2 is 2.33 bits per heavy atom. The number of piperidine rings is 1. The fourth-order valence-corrected chi connectivity index (χ4v) is 2.46. The summed E-state index contributed by atoms with van der Waals surface area (Å²) < 4.78 is 5.40. The molecule has 2 atom stereocenters. The van der Waals surface area contributed by atoms with E-state index in [0.29, 0.717) is 24.8 Å². The van der Waals surface area contributed by atoms with E-state index in [1.165, 1.54) is 4.90 Å². The number of likely N-dealkylation sites (tertiary alicyclic amines) is 1. The fourth-order valence-electron chi connectivity index (χ4n) is 2.46. The van der Waals surface area contributed by atoms with Crippen molar-refractivity contribution in [2.24, 2.45) is 5.92 Å².